The van der Waals surface area contributed by atoms with Crippen molar-refractivity contribution in [3.63, 3.8) is 0 Å². The third kappa shape index (κ3) is 64.6. The summed E-state index contributed by atoms with van der Waals surface area (Å²) in [4.78, 5) is 38.1. The lowest BCUT2D eigenvalue weighted by atomic mass is 10.0. The molecule has 0 aliphatic rings. The van der Waals surface area contributed by atoms with Crippen LogP contribution in [0.4, 0.5) is 0 Å². The van der Waals surface area contributed by atoms with E-state index in [4.69, 9.17) is 14.2 Å². The van der Waals surface area contributed by atoms with E-state index in [-0.39, 0.29) is 31.1 Å². The highest BCUT2D eigenvalue weighted by atomic mass is 16.6. The van der Waals surface area contributed by atoms with E-state index in [0.717, 1.165) is 70.6 Å². The van der Waals surface area contributed by atoms with Gasteiger partial charge in [-0.1, -0.05) is 347 Å². The van der Waals surface area contributed by atoms with Gasteiger partial charge in [-0.15, -0.1) is 0 Å². The predicted molar refractivity (Wildman–Crippen MR) is 335 cm³/mol. The standard InChI is InChI=1S/C71H134O6/c1-4-7-10-13-16-19-21-23-25-27-28-29-30-31-32-33-34-35-36-37-38-39-40-41-42-43-45-46-48-50-52-55-58-61-64-70(73)76-67-68(66-75-69(72)63-60-57-54-18-15-12-9-6-3)77-71(74)65-62-59-56-53-51-49-47-44-26-24-22-20-17-14-11-8-5-2/h17,20,24,26,68H,4-16,18-19,21-23,25,27-67H2,1-3H3/b20-17-,26-24-. The van der Waals surface area contributed by atoms with Crippen LogP contribution in [0.1, 0.15) is 393 Å². The SMILES string of the molecule is CCCCC/C=C\C/C=C\CCCCCCCCCC(=O)OC(COC(=O)CCCCCCCCCC)COC(=O)CCCCCCCCCCCCCCCCCCCCCCCCCCCCCCCCCCCC. The zero-order chi connectivity index (χ0) is 55.7. The number of unbranched alkanes of at least 4 members (excludes halogenated alkanes) is 50. The minimum atomic E-state index is -0.771. The molecule has 0 aromatic rings. The number of rotatable bonds is 65. The Morgan fingerprint density at radius 3 is 0.740 bits per heavy atom. The summed E-state index contributed by atoms with van der Waals surface area (Å²) < 4.78 is 16.9. The van der Waals surface area contributed by atoms with Crippen molar-refractivity contribution in [3.05, 3.63) is 24.3 Å². The zero-order valence-corrected chi connectivity index (χ0v) is 52.3. The minimum Gasteiger partial charge on any atom is -0.462 e. The first kappa shape index (κ1) is 74.9. The van der Waals surface area contributed by atoms with Crippen LogP contribution < -0.4 is 0 Å². The molecule has 1 atom stereocenters. The lowest BCUT2D eigenvalue weighted by Gasteiger charge is -2.18. The van der Waals surface area contributed by atoms with Gasteiger partial charge in [0.15, 0.2) is 6.10 Å². The van der Waals surface area contributed by atoms with Crippen LogP contribution in [-0.4, -0.2) is 37.2 Å². The van der Waals surface area contributed by atoms with Crippen molar-refractivity contribution in [2.24, 2.45) is 0 Å². The van der Waals surface area contributed by atoms with E-state index in [1.165, 1.54) is 283 Å². The van der Waals surface area contributed by atoms with Gasteiger partial charge in [0.2, 0.25) is 0 Å². The third-order valence-corrected chi connectivity index (χ3v) is 16.0. The fourth-order valence-corrected chi connectivity index (χ4v) is 10.7. The van der Waals surface area contributed by atoms with Crippen LogP contribution in [-0.2, 0) is 28.6 Å². The molecule has 0 aliphatic carbocycles. The smallest absolute Gasteiger partial charge is 0.306 e. The third-order valence-electron chi connectivity index (χ3n) is 16.0. The van der Waals surface area contributed by atoms with Gasteiger partial charge in [0.25, 0.3) is 0 Å². The van der Waals surface area contributed by atoms with Gasteiger partial charge in [0.05, 0.1) is 0 Å². The summed E-state index contributed by atoms with van der Waals surface area (Å²) in [6, 6.07) is 0. The van der Waals surface area contributed by atoms with Crippen molar-refractivity contribution >= 4 is 17.9 Å². The van der Waals surface area contributed by atoms with Crippen LogP contribution in [0.2, 0.25) is 0 Å². The van der Waals surface area contributed by atoms with E-state index in [0.29, 0.717) is 19.3 Å². The van der Waals surface area contributed by atoms with Crippen LogP contribution >= 0.6 is 0 Å². The summed E-state index contributed by atoms with van der Waals surface area (Å²) in [7, 11) is 0. The van der Waals surface area contributed by atoms with Gasteiger partial charge >= 0.3 is 17.9 Å². The van der Waals surface area contributed by atoms with Crippen LogP contribution in [0.3, 0.4) is 0 Å². The molecule has 0 aliphatic heterocycles. The van der Waals surface area contributed by atoms with Crippen molar-refractivity contribution < 1.29 is 28.6 Å². The average molecular weight is 1080 g/mol. The number of hydrogen-bond donors (Lipinski definition) is 0. The molecule has 454 valence electrons. The van der Waals surface area contributed by atoms with Crippen LogP contribution in [0, 0.1) is 0 Å². The highest BCUT2D eigenvalue weighted by Gasteiger charge is 2.19. The van der Waals surface area contributed by atoms with Gasteiger partial charge in [-0.2, -0.15) is 0 Å². The van der Waals surface area contributed by atoms with Crippen molar-refractivity contribution in [2.45, 2.75) is 399 Å². The molecule has 77 heavy (non-hydrogen) atoms. The Morgan fingerprint density at radius 1 is 0.260 bits per heavy atom. The second-order valence-corrected chi connectivity index (χ2v) is 23.8. The number of ether oxygens (including phenoxy) is 3. The fourth-order valence-electron chi connectivity index (χ4n) is 10.7. The topological polar surface area (TPSA) is 78.9 Å². The molecule has 6 nitrogen and oxygen atoms in total. The second-order valence-electron chi connectivity index (χ2n) is 23.8. The Hall–Kier alpha value is -2.11. The first-order valence-corrected chi connectivity index (χ1v) is 34.8. The second kappa shape index (κ2) is 66.4. The molecule has 0 spiro atoms. The summed E-state index contributed by atoms with van der Waals surface area (Å²) >= 11 is 0. The van der Waals surface area contributed by atoms with Gasteiger partial charge in [0.1, 0.15) is 13.2 Å². The number of esters is 3. The van der Waals surface area contributed by atoms with Crippen LogP contribution in [0.25, 0.3) is 0 Å². The predicted octanol–water partition coefficient (Wildman–Crippen LogP) is 23.8. The molecule has 1 unspecified atom stereocenters. The summed E-state index contributed by atoms with van der Waals surface area (Å²) in [5, 5.41) is 0. The molecule has 0 radical (unpaired) electrons. The molecule has 0 N–H and O–H groups in total. The zero-order valence-electron chi connectivity index (χ0n) is 52.3. The molecule has 0 bridgehead atoms. The largest absolute Gasteiger partial charge is 0.462 e. The molecule has 6 heteroatoms. The highest BCUT2D eigenvalue weighted by molar-refractivity contribution is 5.71. The highest BCUT2D eigenvalue weighted by Crippen LogP contribution is 2.19. The summed E-state index contributed by atoms with van der Waals surface area (Å²) in [5.74, 6) is -0.857. The van der Waals surface area contributed by atoms with Gasteiger partial charge in [0, 0.05) is 19.3 Å². The average Bonchev–Trinajstić information content (AvgIpc) is 3.43. The van der Waals surface area contributed by atoms with E-state index in [9.17, 15) is 14.4 Å². The molecular weight excluding hydrogens is 949 g/mol. The molecule has 0 saturated heterocycles. The molecule has 0 saturated carbocycles. The Morgan fingerprint density at radius 2 is 0.468 bits per heavy atom. The monoisotopic (exact) mass is 1080 g/mol. The molecule has 0 rings (SSSR count). The number of hydrogen-bond acceptors (Lipinski definition) is 6. The molecule has 0 fully saturated rings. The summed E-state index contributed by atoms with van der Waals surface area (Å²) in [6.45, 7) is 6.64. The lowest BCUT2D eigenvalue weighted by molar-refractivity contribution is -0.167. The quantitative estimate of drug-likeness (QED) is 0.0261. The minimum absolute atomic E-state index is 0.0692. The Bertz CT molecular complexity index is 1240. The van der Waals surface area contributed by atoms with Crippen molar-refractivity contribution in [1.82, 2.24) is 0 Å². The van der Waals surface area contributed by atoms with Crippen LogP contribution in [0.5, 0.6) is 0 Å². The van der Waals surface area contributed by atoms with Crippen LogP contribution in [0.15, 0.2) is 24.3 Å². The molecule has 0 amide bonds. The van der Waals surface area contributed by atoms with Crippen molar-refractivity contribution in [3.8, 4) is 0 Å². The fraction of sp³-hybridized carbons (Fsp3) is 0.901. The van der Waals surface area contributed by atoms with Crippen molar-refractivity contribution in [1.29, 1.82) is 0 Å². The van der Waals surface area contributed by atoms with E-state index in [2.05, 4.69) is 45.1 Å². The summed E-state index contributed by atoms with van der Waals surface area (Å²) in [5.41, 5.74) is 0. The summed E-state index contributed by atoms with van der Waals surface area (Å²) in [6.07, 6.45) is 81.0. The maximum atomic E-state index is 12.9. The first-order valence-electron chi connectivity index (χ1n) is 34.8. The number of allylic oxidation sites excluding steroid dienone is 4. The lowest BCUT2D eigenvalue weighted by Crippen LogP contribution is -2.30. The first-order chi connectivity index (χ1) is 38.0. The number of carbonyl (C=O) groups is 3. The van der Waals surface area contributed by atoms with E-state index in [1.54, 1.807) is 0 Å². The van der Waals surface area contributed by atoms with Gasteiger partial charge in [-0.25, -0.2) is 0 Å². The molecule has 0 heterocycles. The van der Waals surface area contributed by atoms with Gasteiger partial charge in [-0.05, 0) is 51.4 Å². The van der Waals surface area contributed by atoms with Gasteiger partial charge in [-0.3, -0.25) is 14.4 Å². The Kier molecular flexibility index (Phi) is 64.6. The molecular formula is C71H134O6. The van der Waals surface area contributed by atoms with E-state index >= 15 is 0 Å². The van der Waals surface area contributed by atoms with Crippen molar-refractivity contribution in [2.75, 3.05) is 13.2 Å². The maximum Gasteiger partial charge on any atom is 0.306 e. The number of carbonyl (C=O) groups excluding carboxylic acids is 3. The van der Waals surface area contributed by atoms with E-state index < -0.39 is 6.10 Å². The molecule has 0 aromatic heterocycles. The van der Waals surface area contributed by atoms with Gasteiger partial charge < -0.3 is 14.2 Å². The Balaban J connectivity index is 3.95. The normalized spacial score (nSPS) is 12.1. The van der Waals surface area contributed by atoms with E-state index in [1.807, 2.05) is 0 Å². The maximum absolute atomic E-state index is 12.9. The Labute approximate surface area is 481 Å². The molecule has 0 aromatic carbocycles.